The highest BCUT2D eigenvalue weighted by Crippen LogP contribution is 2.03. The van der Waals surface area contributed by atoms with Crippen molar-refractivity contribution in [2.75, 3.05) is 20.8 Å². The maximum Gasteiger partial charge on any atom is 0.310 e. The van der Waals surface area contributed by atoms with Crippen LogP contribution in [-0.4, -0.2) is 26.8 Å². The van der Waals surface area contributed by atoms with Crippen molar-refractivity contribution in [2.24, 2.45) is 5.92 Å². The highest BCUT2D eigenvalue weighted by molar-refractivity contribution is 5.72. The summed E-state index contributed by atoms with van der Waals surface area (Å²) < 4.78 is 9.35. The average Bonchev–Trinajstić information content (AvgIpc) is 1.99. The molecule has 3 heteroatoms. The summed E-state index contributed by atoms with van der Waals surface area (Å²) in [5.41, 5.74) is 0. The van der Waals surface area contributed by atoms with Crippen molar-refractivity contribution in [2.45, 2.75) is 13.3 Å². The summed E-state index contributed by atoms with van der Waals surface area (Å²) in [5.74, 6) is -0.292. The maximum atomic E-state index is 10.8. The van der Waals surface area contributed by atoms with E-state index in [9.17, 15) is 4.79 Å². The second-order valence-electron chi connectivity index (χ2n) is 2.08. The normalized spacial score (nSPS) is 12.7. The number of ether oxygens (including phenoxy) is 2. The first-order valence-corrected chi connectivity index (χ1v) is 3.33. The van der Waals surface area contributed by atoms with Crippen molar-refractivity contribution in [1.82, 2.24) is 0 Å². The van der Waals surface area contributed by atoms with Crippen LogP contribution in [0.15, 0.2) is 0 Å². The van der Waals surface area contributed by atoms with Crippen LogP contribution in [0.5, 0.6) is 0 Å². The van der Waals surface area contributed by atoms with Gasteiger partial charge in [-0.1, -0.05) is 6.92 Å². The van der Waals surface area contributed by atoms with E-state index >= 15 is 0 Å². The number of hydrogen-bond donors (Lipinski definition) is 0. The van der Waals surface area contributed by atoms with Gasteiger partial charge in [0.05, 0.1) is 19.6 Å². The minimum absolute atomic E-state index is 0.102. The predicted octanol–water partition coefficient (Wildman–Crippen LogP) is 0.832. The van der Waals surface area contributed by atoms with Gasteiger partial charge in [0, 0.05) is 7.11 Å². The van der Waals surface area contributed by atoms with Crippen molar-refractivity contribution in [3.05, 3.63) is 0 Å². The third-order valence-electron chi connectivity index (χ3n) is 1.40. The molecule has 60 valence electrons. The molecule has 0 bridgehead atoms. The molecule has 0 aliphatic rings. The van der Waals surface area contributed by atoms with Crippen LogP contribution in [0, 0.1) is 5.92 Å². The minimum Gasteiger partial charge on any atom is -0.469 e. The monoisotopic (exact) mass is 146 g/mol. The van der Waals surface area contributed by atoms with E-state index in [1.165, 1.54) is 7.11 Å². The molecule has 0 aromatic heterocycles. The van der Waals surface area contributed by atoms with E-state index in [2.05, 4.69) is 4.74 Å². The van der Waals surface area contributed by atoms with Crippen LogP contribution in [0.4, 0.5) is 0 Å². The number of rotatable bonds is 4. The Balaban J connectivity index is 3.68. The van der Waals surface area contributed by atoms with E-state index < -0.39 is 0 Å². The Hall–Kier alpha value is -0.570. The lowest BCUT2D eigenvalue weighted by atomic mass is 10.1. The van der Waals surface area contributed by atoms with Crippen LogP contribution in [-0.2, 0) is 14.3 Å². The number of hydrogen-bond acceptors (Lipinski definition) is 3. The van der Waals surface area contributed by atoms with Crippen LogP contribution in [0.2, 0.25) is 0 Å². The van der Waals surface area contributed by atoms with Crippen molar-refractivity contribution in [3.63, 3.8) is 0 Å². The Morgan fingerprint density at radius 3 is 2.40 bits per heavy atom. The van der Waals surface area contributed by atoms with Gasteiger partial charge in [-0.05, 0) is 6.42 Å². The molecule has 0 aromatic carbocycles. The first-order valence-electron chi connectivity index (χ1n) is 3.33. The summed E-state index contributed by atoms with van der Waals surface area (Å²) in [6, 6.07) is 0. The van der Waals surface area contributed by atoms with Crippen LogP contribution in [0.1, 0.15) is 13.3 Å². The average molecular weight is 146 g/mol. The van der Waals surface area contributed by atoms with Gasteiger partial charge < -0.3 is 9.47 Å². The fraction of sp³-hybridized carbons (Fsp3) is 0.857. The smallest absolute Gasteiger partial charge is 0.310 e. The molecule has 1 unspecified atom stereocenters. The SMILES string of the molecule is CCC(COC)C(=O)OC. The lowest BCUT2D eigenvalue weighted by Gasteiger charge is -2.09. The van der Waals surface area contributed by atoms with Crippen LogP contribution < -0.4 is 0 Å². The fourth-order valence-electron chi connectivity index (χ4n) is 0.720. The largest absolute Gasteiger partial charge is 0.469 e. The Morgan fingerprint density at radius 2 is 2.10 bits per heavy atom. The molecule has 10 heavy (non-hydrogen) atoms. The molecule has 0 fully saturated rings. The van der Waals surface area contributed by atoms with E-state index in [1.54, 1.807) is 7.11 Å². The third-order valence-corrected chi connectivity index (χ3v) is 1.40. The Bertz CT molecular complexity index is 101. The molecule has 0 rings (SSSR count). The van der Waals surface area contributed by atoms with E-state index in [-0.39, 0.29) is 11.9 Å². The van der Waals surface area contributed by atoms with Crippen LogP contribution >= 0.6 is 0 Å². The lowest BCUT2D eigenvalue weighted by molar-refractivity contribution is -0.147. The van der Waals surface area contributed by atoms with Crippen LogP contribution in [0.3, 0.4) is 0 Å². The molecular weight excluding hydrogens is 132 g/mol. The Morgan fingerprint density at radius 1 is 1.50 bits per heavy atom. The predicted molar refractivity (Wildman–Crippen MR) is 37.7 cm³/mol. The Labute approximate surface area is 61.3 Å². The fourth-order valence-corrected chi connectivity index (χ4v) is 0.720. The summed E-state index contributed by atoms with van der Waals surface area (Å²) in [6.45, 7) is 2.38. The number of carbonyl (C=O) groups is 1. The van der Waals surface area contributed by atoms with Crippen molar-refractivity contribution in [1.29, 1.82) is 0 Å². The molecule has 0 saturated heterocycles. The Kier molecular flexibility index (Phi) is 4.94. The maximum absolute atomic E-state index is 10.8. The van der Waals surface area contributed by atoms with E-state index in [0.29, 0.717) is 6.61 Å². The van der Waals surface area contributed by atoms with E-state index in [0.717, 1.165) is 6.42 Å². The molecule has 0 amide bonds. The van der Waals surface area contributed by atoms with E-state index in [1.807, 2.05) is 6.92 Å². The highest BCUT2D eigenvalue weighted by Gasteiger charge is 2.15. The molecule has 3 nitrogen and oxygen atoms in total. The number of methoxy groups -OCH3 is 2. The molecule has 0 aromatic rings. The van der Waals surface area contributed by atoms with Gasteiger partial charge in [-0.15, -0.1) is 0 Å². The van der Waals surface area contributed by atoms with Gasteiger partial charge in [-0.3, -0.25) is 4.79 Å². The second kappa shape index (κ2) is 5.23. The van der Waals surface area contributed by atoms with Crippen molar-refractivity contribution < 1.29 is 14.3 Å². The van der Waals surface area contributed by atoms with Crippen molar-refractivity contribution in [3.8, 4) is 0 Å². The molecule has 0 spiro atoms. The van der Waals surface area contributed by atoms with Gasteiger partial charge in [0.15, 0.2) is 0 Å². The molecule has 0 N–H and O–H groups in total. The topological polar surface area (TPSA) is 35.5 Å². The van der Waals surface area contributed by atoms with E-state index in [4.69, 9.17) is 4.74 Å². The molecule has 0 radical (unpaired) electrons. The molecule has 0 saturated carbocycles. The molecule has 0 heterocycles. The lowest BCUT2D eigenvalue weighted by Crippen LogP contribution is -2.19. The number of carbonyl (C=O) groups excluding carboxylic acids is 1. The minimum atomic E-state index is -0.190. The summed E-state index contributed by atoms with van der Waals surface area (Å²) in [5, 5.41) is 0. The van der Waals surface area contributed by atoms with Gasteiger partial charge in [0.2, 0.25) is 0 Å². The molecule has 0 aliphatic carbocycles. The molecule has 0 aliphatic heterocycles. The van der Waals surface area contributed by atoms with Crippen molar-refractivity contribution >= 4 is 5.97 Å². The second-order valence-corrected chi connectivity index (χ2v) is 2.08. The summed E-state index contributed by atoms with van der Waals surface area (Å²) >= 11 is 0. The van der Waals surface area contributed by atoms with Gasteiger partial charge in [-0.2, -0.15) is 0 Å². The van der Waals surface area contributed by atoms with Gasteiger partial charge in [-0.25, -0.2) is 0 Å². The zero-order chi connectivity index (χ0) is 7.98. The zero-order valence-electron chi connectivity index (χ0n) is 6.72. The first-order chi connectivity index (χ1) is 4.76. The van der Waals surface area contributed by atoms with Gasteiger partial charge >= 0.3 is 5.97 Å². The van der Waals surface area contributed by atoms with Gasteiger partial charge in [0.25, 0.3) is 0 Å². The van der Waals surface area contributed by atoms with Gasteiger partial charge in [0.1, 0.15) is 0 Å². The summed E-state index contributed by atoms with van der Waals surface area (Å²) in [6.07, 6.45) is 0.764. The third kappa shape index (κ3) is 2.82. The summed E-state index contributed by atoms with van der Waals surface area (Å²) in [7, 11) is 2.96. The number of esters is 1. The zero-order valence-corrected chi connectivity index (χ0v) is 6.72. The standard InChI is InChI=1S/C7H14O3/c1-4-6(5-9-2)7(8)10-3/h6H,4-5H2,1-3H3. The van der Waals surface area contributed by atoms with Crippen LogP contribution in [0.25, 0.3) is 0 Å². The molecular formula is C7H14O3. The quantitative estimate of drug-likeness (QED) is 0.551. The first kappa shape index (κ1) is 9.43. The summed E-state index contributed by atoms with van der Waals surface area (Å²) in [4.78, 5) is 10.8. The highest BCUT2D eigenvalue weighted by atomic mass is 16.5. The molecule has 1 atom stereocenters.